The zero-order valence-electron chi connectivity index (χ0n) is 9.50. The Bertz CT molecular complexity index is 403. The normalized spacial score (nSPS) is 10.4. The van der Waals surface area contributed by atoms with Crippen LogP contribution in [-0.2, 0) is 6.54 Å². The maximum absolute atomic E-state index is 5.55. The van der Waals surface area contributed by atoms with Gasteiger partial charge in [-0.25, -0.2) is 0 Å². The van der Waals surface area contributed by atoms with Crippen molar-refractivity contribution in [3.05, 3.63) is 42.5 Å². The molecule has 0 aliphatic carbocycles. The second-order valence-corrected chi connectivity index (χ2v) is 3.54. The highest BCUT2D eigenvalue weighted by Crippen LogP contribution is 2.07. The van der Waals surface area contributed by atoms with Crippen LogP contribution in [0, 0.1) is 0 Å². The van der Waals surface area contributed by atoms with Gasteiger partial charge in [0.05, 0.1) is 13.2 Å². The number of nitrogens with zero attached hydrogens (tertiary/aromatic N) is 2. The summed E-state index contributed by atoms with van der Waals surface area (Å²) >= 11 is 0. The Morgan fingerprint density at radius 1 is 1.24 bits per heavy atom. The number of hydrogen-bond acceptors (Lipinski definition) is 5. The summed E-state index contributed by atoms with van der Waals surface area (Å²) in [5, 5.41) is 6.91. The monoisotopic (exact) mass is 233 g/mol. The first-order valence-electron chi connectivity index (χ1n) is 5.59. The number of aromatic nitrogens is 2. The fourth-order valence-electron chi connectivity index (χ4n) is 1.37. The molecule has 17 heavy (non-hydrogen) atoms. The summed E-state index contributed by atoms with van der Waals surface area (Å²) in [6.45, 7) is 2.19. The largest absolute Gasteiger partial charge is 0.494 e. The van der Waals surface area contributed by atoms with Crippen LogP contribution in [-0.4, -0.2) is 23.3 Å². The molecule has 0 atom stereocenters. The van der Waals surface area contributed by atoms with E-state index >= 15 is 0 Å². The third-order valence-electron chi connectivity index (χ3n) is 2.20. The molecular weight excluding hydrogens is 218 g/mol. The molecule has 2 aromatic rings. The van der Waals surface area contributed by atoms with Gasteiger partial charge in [0.15, 0.2) is 5.82 Å². The molecular formula is C12H15N3O2. The van der Waals surface area contributed by atoms with Crippen molar-refractivity contribution < 1.29 is 9.26 Å². The lowest BCUT2D eigenvalue weighted by molar-refractivity contribution is 0.307. The maximum atomic E-state index is 5.55. The molecule has 0 saturated heterocycles. The molecule has 0 bridgehead atoms. The summed E-state index contributed by atoms with van der Waals surface area (Å²) in [5.74, 6) is 1.58. The Hall–Kier alpha value is -1.88. The average Bonchev–Trinajstić information content (AvgIpc) is 2.88. The van der Waals surface area contributed by atoms with Crippen LogP contribution in [0.15, 0.2) is 41.2 Å². The van der Waals surface area contributed by atoms with Crippen LogP contribution in [0.25, 0.3) is 0 Å². The second kappa shape index (κ2) is 6.65. The molecule has 0 spiro atoms. The van der Waals surface area contributed by atoms with Crippen molar-refractivity contribution in [2.24, 2.45) is 0 Å². The van der Waals surface area contributed by atoms with E-state index in [1.54, 1.807) is 0 Å². The van der Waals surface area contributed by atoms with Crippen LogP contribution in [0.4, 0.5) is 0 Å². The van der Waals surface area contributed by atoms with Crippen LogP contribution in [0.1, 0.15) is 12.2 Å². The molecule has 0 radical (unpaired) electrons. The minimum Gasteiger partial charge on any atom is -0.494 e. The average molecular weight is 233 g/mol. The Morgan fingerprint density at radius 2 is 2.12 bits per heavy atom. The van der Waals surface area contributed by atoms with E-state index in [-0.39, 0.29) is 0 Å². The molecule has 5 nitrogen and oxygen atoms in total. The van der Waals surface area contributed by atoms with Crippen LogP contribution in [0.5, 0.6) is 5.75 Å². The maximum Gasteiger partial charge on any atom is 0.213 e. The van der Waals surface area contributed by atoms with E-state index in [0.717, 1.165) is 18.7 Å². The number of para-hydroxylation sites is 1. The van der Waals surface area contributed by atoms with E-state index < -0.39 is 0 Å². The van der Waals surface area contributed by atoms with Gasteiger partial charge < -0.3 is 14.6 Å². The highest BCUT2D eigenvalue weighted by atomic mass is 16.5. The van der Waals surface area contributed by atoms with Crippen molar-refractivity contribution in [1.29, 1.82) is 0 Å². The van der Waals surface area contributed by atoms with Crippen LogP contribution < -0.4 is 10.1 Å². The first kappa shape index (κ1) is 11.6. The van der Waals surface area contributed by atoms with Gasteiger partial charge in [0.25, 0.3) is 0 Å². The Balaban J connectivity index is 1.52. The van der Waals surface area contributed by atoms with Gasteiger partial charge in [-0.3, -0.25) is 0 Å². The standard InChI is InChI=1S/C12H15N3O2/c1-2-5-11(6-3-1)16-8-4-7-13-9-12-14-10-17-15-12/h1-3,5-6,10,13H,4,7-9H2. The summed E-state index contributed by atoms with van der Waals surface area (Å²) in [6, 6.07) is 9.80. The predicted octanol–water partition coefficient (Wildman–Crippen LogP) is 1.63. The molecule has 1 heterocycles. The lowest BCUT2D eigenvalue weighted by Gasteiger charge is -2.05. The van der Waals surface area contributed by atoms with Gasteiger partial charge in [-0.1, -0.05) is 23.4 Å². The van der Waals surface area contributed by atoms with Gasteiger partial charge in [-0.05, 0) is 25.1 Å². The zero-order chi connectivity index (χ0) is 11.8. The molecule has 0 fully saturated rings. The number of nitrogens with one attached hydrogen (secondary N) is 1. The van der Waals surface area contributed by atoms with Crippen molar-refractivity contribution in [3.8, 4) is 5.75 Å². The molecule has 90 valence electrons. The lowest BCUT2D eigenvalue weighted by Crippen LogP contribution is -2.17. The van der Waals surface area contributed by atoms with E-state index in [9.17, 15) is 0 Å². The molecule has 0 amide bonds. The lowest BCUT2D eigenvalue weighted by atomic mass is 10.3. The van der Waals surface area contributed by atoms with Gasteiger partial charge in [-0.15, -0.1) is 0 Å². The molecule has 1 aromatic carbocycles. The van der Waals surface area contributed by atoms with Crippen molar-refractivity contribution >= 4 is 0 Å². The molecule has 0 aliphatic heterocycles. The van der Waals surface area contributed by atoms with Crippen molar-refractivity contribution in [2.45, 2.75) is 13.0 Å². The smallest absolute Gasteiger partial charge is 0.213 e. The topological polar surface area (TPSA) is 60.2 Å². The predicted molar refractivity (Wildman–Crippen MR) is 62.6 cm³/mol. The van der Waals surface area contributed by atoms with Crippen molar-refractivity contribution in [2.75, 3.05) is 13.2 Å². The minimum atomic E-state index is 0.627. The van der Waals surface area contributed by atoms with E-state index in [1.807, 2.05) is 30.3 Å². The third kappa shape index (κ3) is 4.24. The molecule has 1 N–H and O–H groups in total. The number of hydrogen-bond donors (Lipinski definition) is 1. The molecule has 0 unspecified atom stereocenters. The molecule has 0 saturated carbocycles. The van der Waals surface area contributed by atoms with Gasteiger partial charge in [0.1, 0.15) is 5.75 Å². The Kier molecular flexibility index (Phi) is 4.54. The van der Waals surface area contributed by atoms with Gasteiger partial charge in [-0.2, -0.15) is 4.98 Å². The van der Waals surface area contributed by atoms with Crippen molar-refractivity contribution in [3.63, 3.8) is 0 Å². The van der Waals surface area contributed by atoms with E-state index in [2.05, 4.69) is 20.0 Å². The summed E-state index contributed by atoms with van der Waals surface area (Å²) in [5.41, 5.74) is 0. The highest BCUT2D eigenvalue weighted by molar-refractivity contribution is 5.20. The van der Waals surface area contributed by atoms with Gasteiger partial charge in [0, 0.05) is 0 Å². The van der Waals surface area contributed by atoms with Crippen LogP contribution >= 0.6 is 0 Å². The van der Waals surface area contributed by atoms with E-state index in [4.69, 9.17) is 4.74 Å². The van der Waals surface area contributed by atoms with E-state index in [1.165, 1.54) is 6.39 Å². The summed E-state index contributed by atoms with van der Waals surface area (Å²) in [6.07, 6.45) is 2.27. The fraction of sp³-hybridized carbons (Fsp3) is 0.333. The third-order valence-corrected chi connectivity index (χ3v) is 2.20. The molecule has 5 heteroatoms. The molecule has 1 aromatic heterocycles. The first-order valence-corrected chi connectivity index (χ1v) is 5.59. The Labute approximate surface area is 99.8 Å². The number of benzene rings is 1. The van der Waals surface area contributed by atoms with Gasteiger partial charge >= 0.3 is 0 Å². The SMILES string of the molecule is c1ccc(OCCCNCc2ncon2)cc1. The summed E-state index contributed by atoms with van der Waals surface area (Å²) in [7, 11) is 0. The Morgan fingerprint density at radius 3 is 2.88 bits per heavy atom. The summed E-state index contributed by atoms with van der Waals surface area (Å²) < 4.78 is 10.2. The first-order chi connectivity index (χ1) is 8.45. The van der Waals surface area contributed by atoms with Crippen LogP contribution in [0.3, 0.4) is 0 Å². The number of ether oxygens (including phenoxy) is 1. The van der Waals surface area contributed by atoms with Crippen molar-refractivity contribution in [1.82, 2.24) is 15.5 Å². The molecule has 0 aliphatic rings. The summed E-state index contributed by atoms with van der Waals surface area (Å²) in [4.78, 5) is 3.91. The van der Waals surface area contributed by atoms with Crippen LogP contribution in [0.2, 0.25) is 0 Å². The highest BCUT2D eigenvalue weighted by Gasteiger charge is 1.96. The second-order valence-electron chi connectivity index (χ2n) is 3.54. The van der Waals surface area contributed by atoms with E-state index in [0.29, 0.717) is 19.0 Å². The molecule has 2 rings (SSSR count). The van der Waals surface area contributed by atoms with Gasteiger partial charge in [0.2, 0.25) is 6.39 Å². The quantitative estimate of drug-likeness (QED) is 0.736. The zero-order valence-corrected chi connectivity index (χ0v) is 9.50. The number of rotatable bonds is 7. The fourth-order valence-corrected chi connectivity index (χ4v) is 1.37. The minimum absolute atomic E-state index is 0.627.